The SMILES string of the molecule is N#CC(=NOCc1nc(Br)cs1)c1ccccc1. The average molecular weight is 322 g/mol. The number of oxime groups is 1. The summed E-state index contributed by atoms with van der Waals surface area (Å²) in [6, 6.07) is 11.2. The van der Waals surface area contributed by atoms with Gasteiger partial charge in [-0.05, 0) is 15.9 Å². The second-order valence-corrected chi connectivity index (χ2v) is 5.01. The van der Waals surface area contributed by atoms with Crippen LogP contribution in [-0.4, -0.2) is 10.7 Å². The molecule has 90 valence electrons. The van der Waals surface area contributed by atoms with E-state index in [-0.39, 0.29) is 12.3 Å². The van der Waals surface area contributed by atoms with Crippen LogP contribution in [0.3, 0.4) is 0 Å². The number of aromatic nitrogens is 1. The minimum atomic E-state index is 0.256. The first-order valence-electron chi connectivity index (χ1n) is 5.05. The maximum Gasteiger partial charge on any atom is 0.186 e. The fraction of sp³-hybridized carbons (Fsp3) is 0.0833. The van der Waals surface area contributed by atoms with Gasteiger partial charge in [0.15, 0.2) is 12.3 Å². The van der Waals surface area contributed by atoms with Gasteiger partial charge in [-0.2, -0.15) is 5.26 Å². The molecule has 0 radical (unpaired) electrons. The molecule has 0 aliphatic carbocycles. The topological polar surface area (TPSA) is 58.3 Å². The Labute approximate surface area is 117 Å². The number of rotatable bonds is 4. The number of nitriles is 1. The summed E-state index contributed by atoms with van der Waals surface area (Å²) in [6.07, 6.45) is 0. The van der Waals surface area contributed by atoms with E-state index in [0.717, 1.165) is 15.2 Å². The van der Waals surface area contributed by atoms with Gasteiger partial charge in [-0.15, -0.1) is 11.3 Å². The Kier molecular flexibility index (Phi) is 4.45. The van der Waals surface area contributed by atoms with Gasteiger partial charge in [0.1, 0.15) is 15.7 Å². The predicted molar refractivity (Wildman–Crippen MR) is 73.2 cm³/mol. The number of nitrogens with zero attached hydrogens (tertiary/aromatic N) is 3. The first kappa shape index (κ1) is 12.7. The largest absolute Gasteiger partial charge is 0.387 e. The molecular weight excluding hydrogens is 314 g/mol. The van der Waals surface area contributed by atoms with Crippen LogP contribution in [0.5, 0.6) is 0 Å². The Bertz CT molecular complexity index is 589. The van der Waals surface area contributed by atoms with E-state index < -0.39 is 0 Å². The highest BCUT2D eigenvalue weighted by Crippen LogP contribution is 2.15. The van der Waals surface area contributed by atoms with E-state index in [1.807, 2.05) is 41.8 Å². The maximum atomic E-state index is 9.00. The highest BCUT2D eigenvalue weighted by atomic mass is 79.9. The molecule has 0 amide bonds. The van der Waals surface area contributed by atoms with Crippen LogP contribution in [0.25, 0.3) is 0 Å². The van der Waals surface area contributed by atoms with Gasteiger partial charge in [-0.1, -0.05) is 35.5 Å². The average Bonchev–Trinajstić information content (AvgIpc) is 2.81. The first-order valence-corrected chi connectivity index (χ1v) is 6.72. The van der Waals surface area contributed by atoms with E-state index in [0.29, 0.717) is 0 Å². The molecule has 1 aromatic carbocycles. The third-order valence-corrected chi connectivity index (χ3v) is 3.55. The summed E-state index contributed by atoms with van der Waals surface area (Å²) in [6.45, 7) is 0.258. The molecule has 2 rings (SSSR count). The van der Waals surface area contributed by atoms with Crippen molar-refractivity contribution in [2.75, 3.05) is 0 Å². The molecule has 0 N–H and O–H groups in total. The molecule has 1 aromatic heterocycles. The van der Waals surface area contributed by atoms with Crippen molar-refractivity contribution in [1.29, 1.82) is 5.26 Å². The lowest BCUT2D eigenvalue weighted by Crippen LogP contribution is -1.98. The van der Waals surface area contributed by atoms with Crippen molar-refractivity contribution < 1.29 is 4.84 Å². The van der Waals surface area contributed by atoms with Crippen LogP contribution in [0.1, 0.15) is 10.6 Å². The van der Waals surface area contributed by atoms with Crippen molar-refractivity contribution in [3.05, 3.63) is 50.9 Å². The van der Waals surface area contributed by atoms with Gasteiger partial charge in [0.2, 0.25) is 0 Å². The first-order chi connectivity index (χ1) is 8.79. The van der Waals surface area contributed by atoms with Gasteiger partial charge in [0.05, 0.1) is 0 Å². The highest BCUT2D eigenvalue weighted by Gasteiger charge is 2.03. The number of thiazole rings is 1. The van der Waals surface area contributed by atoms with Gasteiger partial charge in [-0.3, -0.25) is 0 Å². The Morgan fingerprint density at radius 3 is 2.83 bits per heavy atom. The Morgan fingerprint density at radius 1 is 1.44 bits per heavy atom. The molecular formula is C12H8BrN3OS. The molecule has 0 bridgehead atoms. The van der Waals surface area contributed by atoms with Crippen LogP contribution < -0.4 is 0 Å². The molecule has 0 saturated carbocycles. The van der Waals surface area contributed by atoms with Crippen LogP contribution >= 0.6 is 27.3 Å². The summed E-state index contributed by atoms with van der Waals surface area (Å²) < 4.78 is 0.777. The van der Waals surface area contributed by atoms with Crippen LogP contribution in [0.2, 0.25) is 0 Å². The Hall–Kier alpha value is -1.71. The summed E-state index contributed by atoms with van der Waals surface area (Å²) in [5.74, 6) is 0. The fourth-order valence-corrected chi connectivity index (χ4v) is 2.41. The Balaban J connectivity index is 2.02. The van der Waals surface area contributed by atoms with E-state index in [4.69, 9.17) is 10.1 Å². The monoisotopic (exact) mass is 321 g/mol. The molecule has 2 aromatic rings. The van der Waals surface area contributed by atoms with Crippen LogP contribution in [0.15, 0.2) is 45.5 Å². The molecule has 0 atom stereocenters. The van der Waals surface area contributed by atoms with Crippen LogP contribution in [-0.2, 0) is 11.4 Å². The van der Waals surface area contributed by atoms with Gasteiger partial charge >= 0.3 is 0 Å². The lowest BCUT2D eigenvalue weighted by Gasteiger charge is -1.98. The highest BCUT2D eigenvalue weighted by molar-refractivity contribution is 9.10. The molecule has 0 spiro atoms. The van der Waals surface area contributed by atoms with Crippen molar-refractivity contribution in [3.63, 3.8) is 0 Å². The fourth-order valence-electron chi connectivity index (χ4n) is 1.24. The zero-order valence-corrected chi connectivity index (χ0v) is 11.6. The van der Waals surface area contributed by atoms with Crippen molar-refractivity contribution in [2.24, 2.45) is 5.16 Å². The van der Waals surface area contributed by atoms with Gasteiger partial charge < -0.3 is 4.84 Å². The minimum absolute atomic E-state index is 0.256. The van der Waals surface area contributed by atoms with Crippen molar-refractivity contribution >= 4 is 33.0 Å². The number of benzene rings is 1. The lowest BCUT2D eigenvalue weighted by atomic mass is 10.1. The van der Waals surface area contributed by atoms with Gasteiger partial charge in [0.25, 0.3) is 0 Å². The number of hydrogen-bond acceptors (Lipinski definition) is 5. The zero-order chi connectivity index (χ0) is 12.8. The summed E-state index contributed by atoms with van der Waals surface area (Å²) in [5.41, 5.74) is 0.992. The second-order valence-electron chi connectivity index (χ2n) is 3.26. The molecule has 0 fully saturated rings. The minimum Gasteiger partial charge on any atom is -0.387 e. The molecule has 0 saturated heterocycles. The third-order valence-electron chi connectivity index (χ3n) is 2.02. The van der Waals surface area contributed by atoms with Crippen molar-refractivity contribution in [2.45, 2.75) is 6.61 Å². The van der Waals surface area contributed by atoms with E-state index in [2.05, 4.69) is 26.1 Å². The standard InChI is InChI=1S/C12H8BrN3OS/c13-11-8-18-12(15-11)7-17-16-10(6-14)9-4-2-1-3-5-9/h1-5,8H,7H2. The zero-order valence-electron chi connectivity index (χ0n) is 9.21. The molecule has 0 unspecified atom stereocenters. The van der Waals surface area contributed by atoms with Gasteiger partial charge in [0, 0.05) is 10.9 Å². The van der Waals surface area contributed by atoms with Crippen LogP contribution in [0, 0.1) is 11.3 Å². The van der Waals surface area contributed by atoms with Gasteiger partial charge in [-0.25, -0.2) is 4.98 Å². The number of halogens is 1. The quantitative estimate of drug-likeness (QED) is 0.641. The molecule has 1 heterocycles. The molecule has 0 aliphatic heterocycles. The van der Waals surface area contributed by atoms with Crippen molar-refractivity contribution in [1.82, 2.24) is 4.98 Å². The smallest absolute Gasteiger partial charge is 0.186 e. The Morgan fingerprint density at radius 2 is 2.22 bits per heavy atom. The molecule has 0 aliphatic rings. The van der Waals surface area contributed by atoms with E-state index in [1.54, 1.807) is 0 Å². The number of hydrogen-bond donors (Lipinski definition) is 0. The third kappa shape index (κ3) is 3.39. The predicted octanol–water partition coefficient (Wildman–Crippen LogP) is 3.35. The maximum absolute atomic E-state index is 9.00. The summed E-state index contributed by atoms with van der Waals surface area (Å²) in [7, 11) is 0. The second kappa shape index (κ2) is 6.28. The molecule has 18 heavy (non-hydrogen) atoms. The normalized spacial score (nSPS) is 11.0. The van der Waals surface area contributed by atoms with Crippen LogP contribution in [0.4, 0.5) is 0 Å². The summed E-state index contributed by atoms with van der Waals surface area (Å²) >= 11 is 4.73. The summed E-state index contributed by atoms with van der Waals surface area (Å²) in [5, 5.41) is 15.5. The van der Waals surface area contributed by atoms with E-state index in [9.17, 15) is 0 Å². The summed E-state index contributed by atoms with van der Waals surface area (Å²) in [4.78, 5) is 9.30. The van der Waals surface area contributed by atoms with Crippen molar-refractivity contribution in [3.8, 4) is 6.07 Å². The lowest BCUT2D eigenvalue weighted by molar-refractivity contribution is 0.131. The van der Waals surface area contributed by atoms with E-state index >= 15 is 0 Å². The molecule has 6 heteroatoms. The molecule has 4 nitrogen and oxygen atoms in total. The van der Waals surface area contributed by atoms with E-state index in [1.165, 1.54) is 11.3 Å².